The van der Waals surface area contributed by atoms with E-state index in [0.717, 1.165) is 48.1 Å². The first-order valence-corrected chi connectivity index (χ1v) is 11.3. The minimum atomic E-state index is -0.234. The van der Waals surface area contributed by atoms with Crippen LogP contribution in [-0.4, -0.2) is 28.5 Å². The number of carbonyl (C=O) groups excluding carboxylic acids is 1. The molecular weight excluding hydrogens is 384 g/mol. The molecule has 0 bridgehead atoms. The molecule has 3 aromatic rings. The summed E-state index contributed by atoms with van der Waals surface area (Å²) in [7, 11) is 0. The average molecular weight is 417 g/mol. The molecule has 2 unspecified atom stereocenters. The Morgan fingerprint density at radius 1 is 1.13 bits per heavy atom. The number of rotatable bonds is 6. The minimum Gasteiger partial charge on any atom is -0.375 e. The molecule has 0 aliphatic carbocycles. The zero-order valence-corrected chi connectivity index (χ0v) is 18.6. The van der Waals surface area contributed by atoms with Gasteiger partial charge in [0.05, 0.1) is 0 Å². The van der Waals surface area contributed by atoms with Crippen LogP contribution in [0.5, 0.6) is 0 Å². The maximum absolute atomic E-state index is 12.5. The summed E-state index contributed by atoms with van der Waals surface area (Å²) in [4.78, 5) is 18.3. The summed E-state index contributed by atoms with van der Waals surface area (Å²) in [5.41, 5.74) is 5.21. The maximum Gasteiger partial charge on any atom is 0.323 e. The lowest BCUT2D eigenvalue weighted by Crippen LogP contribution is -2.31. The summed E-state index contributed by atoms with van der Waals surface area (Å²) in [6.07, 6.45) is 9.91. The lowest BCUT2D eigenvalue weighted by Gasteiger charge is -2.32. The SMILES string of the molecule is CCc1ccc(NC(=O)Nc2ccc3[nH]cc(C4C=CN(C(C)CC)CC4)c3c2)cc1. The van der Waals surface area contributed by atoms with Crippen molar-refractivity contribution in [2.75, 3.05) is 17.2 Å². The molecule has 2 heterocycles. The number of hydrogen-bond acceptors (Lipinski definition) is 2. The minimum absolute atomic E-state index is 0.234. The van der Waals surface area contributed by atoms with Crippen LogP contribution in [0.4, 0.5) is 16.2 Å². The van der Waals surface area contributed by atoms with Crippen LogP contribution in [0.15, 0.2) is 60.9 Å². The molecule has 0 saturated carbocycles. The molecule has 0 spiro atoms. The van der Waals surface area contributed by atoms with E-state index < -0.39 is 0 Å². The molecule has 162 valence electrons. The number of aromatic nitrogens is 1. The van der Waals surface area contributed by atoms with Crippen LogP contribution in [0.3, 0.4) is 0 Å². The van der Waals surface area contributed by atoms with E-state index in [9.17, 15) is 4.79 Å². The number of nitrogens with one attached hydrogen (secondary N) is 3. The molecule has 5 nitrogen and oxygen atoms in total. The Labute approximate surface area is 184 Å². The van der Waals surface area contributed by atoms with E-state index in [1.54, 1.807) is 0 Å². The monoisotopic (exact) mass is 416 g/mol. The summed E-state index contributed by atoms with van der Waals surface area (Å²) in [6, 6.07) is 14.3. The van der Waals surface area contributed by atoms with Gasteiger partial charge in [0.2, 0.25) is 0 Å². The second kappa shape index (κ2) is 9.29. The molecule has 2 aromatic carbocycles. The Morgan fingerprint density at radius 2 is 1.87 bits per heavy atom. The highest BCUT2D eigenvalue weighted by molar-refractivity contribution is 6.01. The van der Waals surface area contributed by atoms with Gasteiger partial charge in [-0.15, -0.1) is 0 Å². The van der Waals surface area contributed by atoms with Gasteiger partial charge in [0.15, 0.2) is 0 Å². The van der Waals surface area contributed by atoms with Crippen molar-refractivity contribution in [1.82, 2.24) is 9.88 Å². The maximum atomic E-state index is 12.5. The normalized spacial score (nSPS) is 17.0. The summed E-state index contributed by atoms with van der Waals surface area (Å²) >= 11 is 0. The molecular formula is C26H32N4O. The first-order valence-electron chi connectivity index (χ1n) is 11.3. The zero-order chi connectivity index (χ0) is 21.8. The van der Waals surface area contributed by atoms with Crippen LogP contribution in [0.1, 0.15) is 50.7 Å². The number of fused-ring (bicyclic) bond motifs is 1. The smallest absolute Gasteiger partial charge is 0.323 e. The zero-order valence-electron chi connectivity index (χ0n) is 18.6. The van der Waals surface area contributed by atoms with Crippen molar-refractivity contribution in [1.29, 1.82) is 0 Å². The van der Waals surface area contributed by atoms with Gasteiger partial charge in [0.1, 0.15) is 0 Å². The predicted molar refractivity (Wildman–Crippen MR) is 130 cm³/mol. The van der Waals surface area contributed by atoms with Gasteiger partial charge in [0, 0.05) is 47.0 Å². The fraction of sp³-hybridized carbons (Fsp3) is 0.346. The second-order valence-corrected chi connectivity index (χ2v) is 8.37. The van der Waals surface area contributed by atoms with Crippen LogP contribution >= 0.6 is 0 Å². The standard InChI is InChI=1S/C26H32N4O/c1-4-18(3)30-14-12-20(13-15-30)24-17-27-25-11-10-22(16-23(24)25)29-26(31)28-21-8-6-19(5-2)7-9-21/h6-12,14,16-18,20,27H,4-5,13,15H2,1-3H3,(H2,28,29,31). The molecule has 2 atom stereocenters. The number of benzene rings is 2. The van der Waals surface area contributed by atoms with Gasteiger partial charge < -0.3 is 20.5 Å². The summed E-state index contributed by atoms with van der Waals surface area (Å²) < 4.78 is 0. The van der Waals surface area contributed by atoms with Crippen molar-refractivity contribution < 1.29 is 4.79 Å². The topological polar surface area (TPSA) is 60.2 Å². The third kappa shape index (κ3) is 4.76. The molecule has 31 heavy (non-hydrogen) atoms. The van der Waals surface area contributed by atoms with E-state index in [4.69, 9.17) is 0 Å². The number of aromatic amines is 1. The Balaban J connectivity index is 1.47. The number of aryl methyl sites for hydroxylation is 1. The number of urea groups is 1. The molecule has 4 rings (SSSR count). The number of allylic oxidation sites excluding steroid dienone is 1. The highest BCUT2D eigenvalue weighted by Gasteiger charge is 2.20. The van der Waals surface area contributed by atoms with Gasteiger partial charge in [-0.05, 0) is 73.8 Å². The van der Waals surface area contributed by atoms with Gasteiger partial charge in [-0.25, -0.2) is 4.79 Å². The van der Waals surface area contributed by atoms with Crippen molar-refractivity contribution in [3.63, 3.8) is 0 Å². The van der Waals surface area contributed by atoms with Crippen molar-refractivity contribution in [2.24, 2.45) is 0 Å². The molecule has 1 aromatic heterocycles. The highest BCUT2D eigenvalue weighted by Crippen LogP contribution is 2.33. The van der Waals surface area contributed by atoms with Crippen molar-refractivity contribution >= 4 is 28.3 Å². The number of hydrogen-bond donors (Lipinski definition) is 3. The van der Waals surface area contributed by atoms with Crippen molar-refractivity contribution in [3.05, 3.63) is 72.1 Å². The largest absolute Gasteiger partial charge is 0.375 e. The lowest BCUT2D eigenvalue weighted by atomic mass is 9.92. The van der Waals surface area contributed by atoms with Gasteiger partial charge in [-0.2, -0.15) is 0 Å². The van der Waals surface area contributed by atoms with Gasteiger partial charge in [-0.3, -0.25) is 0 Å². The molecule has 1 aliphatic rings. The van der Waals surface area contributed by atoms with E-state index in [1.807, 2.05) is 36.4 Å². The molecule has 2 amide bonds. The van der Waals surface area contributed by atoms with Gasteiger partial charge in [0.25, 0.3) is 0 Å². The fourth-order valence-corrected chi connectivity index (χ4v) is 4.18. The van der Waals surface area contributed by atoms with Crippen LogP contribution in [-0.2, 0) is 6.42 Å². The molecule has 0 radical (unpaired) electrons. The molecule has 5 heteroatoms. The van der Waals surface area contributed by atoms with E-state index >= 15 is 0 Å². The number of H-pyrrole nitrogens is 1. The molecule has 1 aliphatic heterocycles. The Morgan fingerprint density at radius 3 is 2.55 bits per heavy atom. The lowest BCUT2D eigenvalue weighted by molar-refractivity contribution is 0.262. The molecule has 3 N–H and O–H groups in total. The predicted octanol–water partition coefficient (Wildman–Crippen LogP) is 6.48. The van der Waals surface area contributed by atoms with E-state index in [2.05, 4.69) is 65.8 Å². The first kappa shape index (κ1) is 21.0. The number of anilines is 2. The Bertz CT molecular complexity index is 1070. The van der Waals surface area contributed by atoms with Gasteiger partial charge in [-0.1, -0.05) is 32.1 Å². The first-order chi connectivity index (χ1) is 15.1. The second-order valence-electron chi connectivity index (χ2n) is 8.37. The molecule has 0 saturated heterocycles. The van der Waals surface area contributed by atoms with Crippen LogP contribution < -0.4 is 10.6 Å². The van der Waals surface area contributed by atoms with Crippen molar-refractivity contribution in [3.8, 4) is 0 Å². The third-order valence-corrected chi connectivity index (χ3v) is 6.36. The average Bonchev–Trinajstić information content (AvgIpc) is 3.22. The summed E-state index contributed by atoms with van der Waals surface area (Å²) in [5, 5.41) is 7.04. The molecule has 0 fully saturated rings. The van der Waals surface area contributed by atoms with Crippen LogP contribution in [0.2, 0.25) is 0 Å². The quantitative estimate of drug-likeness (QED) is 0.431. The fourth-order valence-electron chi connectivity index (χ4n) is 4.18. The van der Waals surface area contributed by atoms with E-state index in [0.29, 0.717) is 12.0 Å². The summed E-state index contributed by atoms with van der Waals surface area (Å²) in [6.45, 7) is 7.69. The van der Waals surface area contributed by atoms with Gasteiger partial charge >= 0.3 is 6.03 Å². The van der Waals surface area contributed by atoms with Crippen LogP contribution in [0.25, 0.3) is 10.9 Å². The number of carbonyl (C=O) groups is 1. The number of amides is 2. The highest BCUT2D eigenvalue weighted by atomic mass is 16.2. The van der Waals surface area contributed by atoms with Crippen LogP contribution in [0, 0.1) is 0 Å². The third-order valence-electron chi connectivity index (χ3n) is 6.36. The van der Waals surface area contributed by atoms with E-state index in [1.165, 1.54) is 11.1 Å². The summed E-state index contributed by atoms with van der Waals surface area (Å²) in [5.74, 6) is 0.384. The Hall–Kier alpha value is -3.21. The Kier molecular flexibility index (Phi) is 6.31. The van der Waals surface area contributed by atoms with E-state index in [-0.39, 0.29) is 6.03 Å². The van der Waals surface area contributed by atoms with Crippen molar-refractivity contribution in [2.45, 2.75) is 52.0 Å². The number of nitrogens with zero attached hydrogens (tertiary/aromatic N) is 1.